The summed E-state index contributed by atoms with van der Waals surface area (Å²) in [6.45, 7) is 0.675. The second kappa shape index (κ2) is 6.08. The molecule has 2 N–H and O–H groups in total. The minimum absolute atomic E-state index is 0.0794. The Morgan fingerprint density at radius 2 is 2.27 bits per heavy atom. The van der Waals surface area contributed by atoms with Gasteiger partial charge in [-0.25, -0.2) is 0 Å². The number of hydrogen-bond acceptors (Lipinski definition) is 3. The van der Waals surface area contributed by atoms with E-state index < -0.39 is 0 Å². The molecule has 1 saturated carbocycles. The number of amides is 1. The Balaban J connectivity index is 2.24. The van der Waals surface area contributed by atoms with Crippen molar-refractivity contribution in [2.24, 2.45) is 5.73 Å². The van der Waals surface area contributed by atoms with Gasteiger partial charge >= 0.3 is 0 Å². The lowest BCUT2D eigenvalue weighted by Crippen LogP contribution is -2.48. The number of methoxy groups -OCH3 is 1. The first-order valence-corrected chi connectivity index (χ1v) is 5.68. The van der Waals surface area contributed by atoms with Gasteiger partial charge in [0, 0.05) is 26.8 Å². The van der Waals surface area contributed by atoms with Crippen LogP contribution in [0.25, 0.3) is 0 Å². The molecule has 88 valence electrons. The lowest BCUT2D eigenvalue weighted by atomic mass is 9.91. The molecule has 1 amide bonds. The molecule has 1 atom stereocenters. The normalized spacial score (nSPS) is 18.3. The zero-order valence-electron chi connectivity index (χ0n) is 9.74. The van der Waals surface area contributed by atoms with Gasteiger partial charge in [-0.15, -0.1) is 0 Å². The SMILES string of the molecule is COCCCC(N)C(=O)N(C)C1CCC1. The highest BCUT2D eigenvalue weighted by Gasteiger charge is 2.28. The van der Waals surface area contributed by atoms with Gasteiger partial charge in [0.15, 0.2) is 0 Å². The van der Waals surface area contributed by atoms with Gasteiger partial charge in [0.05, 0.1) is 6.04 Å². The van der Waals surface area contributed by atoms with E-state index in [0.29, 0.717) is 19.1 Å². The average molecular weight is 214 g/mol. The van der Waals surface area contributed by atoms with Crippen molar-refractivity contribution in [3.05, 3.63) is 0 Å². The molecule has 0 bridgehead atoms. The van der Waals surface area contributed by atoms with Crippen LogP contribution in [0.15, 0.2) is 0 Å². The van der Waals surface area contributed by atoms with Gasteiger partial charge < -0.3 is 15.4 Å². The standard InChI is InChI=1S/C11H22N2O2/c1-13(9-5-3-6-9)11(14)10(12)7-4-8-15-2/h9-10H,3-8,12H2,1-2H3. The van der Waals surface area contributed by atoms with Crippen molar-refractivity contribution in [3.63, 3.8) is 0 Å². The molecule has 1 aliphatic carbocycles. The Labute approximate surface area is 91.8 Å². The highest BCUT2D eigenvalue weighted by Crippen LogP contribution is 2.24. The number of carbonyl (C=O) groups is 1. The molecule has 0 spiro atoms. The van der Waals surface area contributed by atoms with Crippen LogP contribution < -0.4 is 5.73 Å². The highest BCUT2D eigenvalue weighted by molar-refractivity contribution is 5.81. The van der Waals surface area contributed by atoms with Crippen LogP contribution >= 0.6 is 0 Å². The van der Waals surface area contributed by atoms with E-state index in [1.807, 2.05) is 11.9 Å². The summed E-state index contributed by atoms with van der Waals surface area (Å²) < 4.78 is 4.93. The first-order valence-electron chi connectivity index (χ1n) is 5.68. The van der Waals surface area contributed by atoms with Crippen molar-refractivity contribution in [3.8, 4) is 0 Å². The molecule has 0 aliphatic heterocycles. The van der Waals surface area contributed by atoms with Crippen molar-refractivity contribution in [2.75, 3.05) is 20.8 Å². The second-order valence-electron chi connectivity index (χ2n) is 4.28. The number of likely N-dealkylation sites (N-methyl/N-ethyl adjacent to an activating group) is 1. The number of hydrogen-bond donors (Lipinski definition) is 1. The Kier molecular flexibility index (Phi) is 5.05. The lowest BCUT2D eigenvalue weighted by Gasteiger charge is -2.36. The van der Waals surface area contributed by atoms with Crippen molar-refractivity contribution < 1.29 is 9.53 Å². The molecule has 0 aromatic carbocycles. The molecule has 4 heteroatoms. The Bertz CT molecular complexity index is 205. The summed E-state index contributed by atoms with van der Waals surface area (Å²) in [6.07, 6.45) is 5.06. The van der Waals surface area contributed by atoms with Crippen LogP contribution in [0.5, 0.6) is 0 Å². The Morgan fingerprint density at radius 1 is 1.60 bits per heavy atom. The lowest BCUT2D eigenvalue weighted by molar-refractivity contribution is -0.135. The van der Waals surface area contributed by atoms with E-state index in [0.717, 1.165) is 19.3 Å². The van der Waals surface area contributed by atoms with Crippen molar-refractivity contribution in [1.82, 2.24) is 4.90 Å². The number of carbonyl (C=O) groups excluding carboxylic acids is 1. The Morgan fingerprint density at radius 3 is 2.73 bits per heavy atom. The number of ether oxygens (including phenoxy) is 1. The van der Waals surface area contributed by atoms with Crippen LogP contribution in [0.1, 0.15) is 32.1 Å². The predicted molar refractivity (Wildman–Crippen MR) is 59.5 cm³/mol. The first kappa shape index (κ1) is 12.5. The summed E-state index contributed by atoms with van der Waals surface area (Å²) in [6, 6.07) is 0.0803. The topological polar surface area (TPSA) is 55.6 Å². The molecule has 1 aliphatic rings. The second-order valence-corrected chi connectivity index (χ2v) is 4.28. The van der Waals surface area contributed by atoms with Crippen LogP contribution in [0.4, 0.5) is 0 Å². The summed E-state index contributed by atoms with van der Waals surface area (Å²) in [5, 5.41) is 0. The van der Waals surface area contributed by atoms with Crippen molar-refractivity contribution in [1.29, 1.82) is 0 Å². The fourth-order valence-corrected chi connectivity index (χ4v) is 1.79. The van der Waals surface area contributed by atoms with Crippen LogP contribution in [0.2, 0.25) is 0 Å². The molecule has 15 heavy (non-hydrogen) atoms. The minimum Gasteiger partial charge on any atom is -0.385 e. The maximum Gasteiger partial charge on any atom is 0.239 e. The first-order chi connectivity index (χ1) is 7.16. The molecule has 0 saturated heterocycles. The maximum absolute atomic E-state index is 11.8. The molecule has 4 nitrogen and oxygen atoms in total. The molecular weight excluding hydrogens is 192 g/mol. The zero-order chi connectivity index (χ0) is 11.3. The van der Waals surface area contributed by atoms with E-state index in [-0.39, 0.29) is 11.9 Å². The molecule has 1 rings (SSSR count). The van der Waals surface area contributed by atoms with Crippen molar-refractivity contribution >= 4 is 5.91 Å². The van der Waals surface area contributed by atoms with Gasteiger partial charge in [-0.3, -0.25) is 4.79 Å². The van der Waals surface area contributed by atoms with Crippen LogP contribution in [0, 0.1) is 0 Å². The molecule has 0 heterocycles. The van der Waals surface area contributed by atoms with Crippen LogP contribution in [-0.2, 0) is 9.53 Å². The maximum atomic E-state index is 11.8. The van der Waals surface area contributed by atoms with Crippen molar-refractivity contribution in [2.45, 2.75) is 44.2 Å². The molecule has 1 unspecified atom stereocenters. The molecule has 0 aromatic rings. The highest BCUT2D eigenvalue weighted by atomic mass is 16.5. The third kappa shape index (κ3) is 3.47. The fourth-order valence-electron chi connectivity index (χ4n) is 1.79. The summed E-state index contributed by atoms with van der Waals surface area (Å²) in [5.41, 5.74) is 5.83. The van der Waals surface area contributed by atoms with E-state index in [4.69, 9.17) is 10.5 Å². The molecule has 0 radical (unpaired) electrons. The van der Waals surface area contributed by atoms with E-state index in [9.17, 15) is 4.79 Å². The zero-order valence-corrected chi connectivity index (χ0v) is 9.74. The smallest absolute Gasteiger partial charge is 0.239 e. The van der Waals surface area contributed by atoms with E-state index in [2.05, 4.69) is 0 Å². The summed E-state index contributed by atoms with van der Waals surface area (Å²) in [5.74, 6) is 0.0794. The molecular formula is C11H22N2O2. The van der Waals surface area contributed by atoms with Gasteiger partial charge in [-0.2, -0.15) is 0 Å². The van der Waals surface area contributed by atoms with E-state index in [1.165, 1.54) is 6.42 Å². The monoisotopic (exact) mass is 214 g/mol. The number of rotatable bonds is 6. The largest absolute Gasteiger partial charge is 0.385 e. The quantitative estimate of drug-likeness (QED) is 0.664. The average Bonchev–Trinajstić information content (AvgIpc) is 2.14. The third-order valence-corrected chi connectivity index (χ3v) is 3.15. The summed E-state index contributed by atoms with van der Waals surface area (Å²) in [4.78, 5) is 13.7. The van der Waals surface area contributed by atoms with Gasteiger partial charge in [0.25, 0.3) is 0 Å². The predicted octanol–water partition coefficient (Wildman–Crippen LogP) is 0.751. The van der Waals surface area contributed by atoms with Gasteiger partial charge in [-0.1, -0.05) is 0 Å². The molecule has 0 aromatic heterocycles. The van der Waals surface area contributed by atoms with Gasteiger partial charge in [-0.05, 0) is 32.1 Å². The molecule has 1 fully saturated rings. The number of nitrogens with zero attached hydrogens (tertiary/aromatic N) is 1. The fraction of sp³-hybridized carbons (Fsp3) is 0.909. The minimum atomic E-state index is -0.356. The van der Waals surface area contributed by atoms with E-state index in [1.54, 1.807) is 7.11 Å². The Hall–Kier alpha value is -0.610. The van der Waals surface area contributed by atoms with E-state index >= 15 is 0 Å². The van der Waals surface area contributed by atoms with Crippen LogP contribution in [-0.4, -0.2) is 43.7 Å². The van der Waals surface area contributed by atoms with Gasteiger partial charge in [0.2, 0.25) is 5.91 Å². The number of nitrogens with two attached hydrogens (primary N) is 1. The van der Waals surface area contributed by atoms with Gasteiger partial charge in [0.1, 0.15) is 0 Å². The third-order valence-electron chi connectivity index (χ3n) is 3.15. The summed E-state index contributed by atoms with van der Waals surface area (Å²) in [7, 11) is 3.52. The summed E-state index contributed by atoms with van der Waals surface area (Å²) >= 11 is 0. The van der Waals surface area contributed by atoms with Crippen LogP contribution in [0.3, 0.4) is 0 Å².